The SMILES string of the molecule is CCOC(=O)c1[nH]c(=S)n(CC(C)C)c1C(=O)OCC. The predicted molar refractivity (Wildman–Crippen MR) is 76.4 cm³/mol. The first-order valence-electron chi connectivity index (χ1n) is 6.59. The smallest absolute Gasteiger partial charge is 0.357 e. The zero-order chi connectivity index (χ0) is 15.3. The lowest BCUT2D eigenvalue weighted by atomic mass is 10.2. The van der Waals surface area contributed by atoms with Crippen LogP contribution in [-0.4, -0.2) is 34.7 Å². The van der Waals surface area contributed by atoms with Gasteiger partial charge in [-0.1, -0.05) is 13.8 Å². The van der Waals surface area contributed by atoms with Crippen molar-refractivity contribution < 1.29 is 19.1 Å². The van der Waals surface area contributed by atoms with Crippen molar-refractivity contribution in [3.8, 4) is 0 Å². The number of ether oxygens (including phenoxy) is 2. The molecule has 0 aliphatic carbocycles. The highest BCUT2D eigenvalue weighted by Crippen LogP contribution is 2.15. The predicted octanol–water partition coefficient (Wildman–Crippen LogP) is 2.56. The number of nitrogens with one attached hydrogen (secondary N) is 1. The Morgan fingerprint density at radius 3 is 2.25 bits per heavy atom. The molecule has 0 aliphatic heterocycles. The molecule has 20 heavy (non-hydrogen) atoms. The van der Waals surface area contributed by atoms with Gasteiger partial charge in [-0.15, -0.1) is 0 Å². The zero-order valence-corrected chi connectivity index (χ0v) is 13.0. The standard InChI is InChI=1S/C13H20N2O4S/c1-5-18-11(16)9-10(12(17)19-6-2)15(7-8(3)4)13(20)14-9/h8H,5-7H2,1-4H3,(H,14,20). The normalized spacial score (nSPS) is 10.7. The molecule has 0 amide bonds. The highest BCUT2D eigenvalue weighted by atomic mass is 32.1. The molecule has 1 N–H and O–H groups in total. The first-order valence-corrected chi connectivity index (χ1v) is 7.00. The molecule has 0 fully saturated rings. The van der Waals surface area contributed by atoms with Crippen LogP contribution in [0.2, 0.25) is 0 Å². The summed E-state index contributed by atoms with van der Waals surface area (Å²) in [6.07, 6.45) is 0. The van der Waals surface area contributed by atoms with Gasteiger partial charge in [0.2, 0.25) is 0 Å². The minimum Gasteiger partial charge on any atom is -0.461 e. The Morgan fingerprint density at radius 2 is 1.75 bits per heavy atom. The highest BCUT2D eigenvalue weighted by Gasteiger charge is 2.26. The lowest BCUT2D eigenvalue weighted by Gasteiger charge is -2.11. The van der Waals surface area contributed by atoms with Crippen molar-refractivity contribution in [3.63, 3.8) is 0 Å². The second-order valence-electron chi connectivity index (χ2n) is 4.60. The van der Waals surface area contributed by atoms with Gasteiger partial charge in [0.15, 0.2) is 16.2 Å². The van der Waals surface area contributed by atoms with Crippen molar-refractivity contribution in [2.24, 2.45) is 5.92 Å². The number of imidazole rings is 1. The van der Waals surface area contributed by atoms with Gasteiger partial charge in [0, 0.05) is 6.54 Å². The fourth-order valence-corrected chi connectivity index (χ4v) is 2.04. The van der Waals surface area contributed by atoms with Gasteiger partial charge in [0.25, 0.3) is 0 Å². The number of H-pyrrole nitrogens is 1. The minimum absolute atomic E-state index is 0.0518. The number of nitrogens with zero attached hydrogens (tertiary/aromatic N) is 1. The maximum absolute atomic E-state index is 12.1. The van der Waals surface area contributed by atoms with Gasteiger partial charge in [-0.2, -0.15) is 0 Å². The Bertz CT molecular complexity index is 545. The lowest BCUT2D eigenvalue weighted by molar-refractivity contribution is 0.0466. The van der Waals surface area contributed by atoms with Crippen LogP contribution < -0.4 is 0 Å². The van der Waals surface area contributed by atoms with Crippen LogP contribution >= 0.6 is 12.2 Å². The lowest BCUT2D eigenvalue weighted by Crippen LogP contribution is -2.19. The van der Waals surface area contributed by atoms with E-state index in [2.05, 4.69) is 4.98 Å². The Balaban J connectivity index is 3.33. The summed E-state index contributed by atoms with van der Waals surface area (Å²) in [5, 5.41) is 0. The van der Waals surface area contributed by atoms with E-state index in [-0.39, 0.29) is 30.5 Å². The molecule has 0 aliphatic rings. The zero-order valence-electron chi connectivity index (χ0n) is 12.2. The minimum atomic E-state index is -0.607. The van der Waals surface area contributed by atoms with E-state index < -0.39 is 11.9 Å². The topological polar surface area (TPSA) is 73.3 Å². The molecular formula is C13H20N2O4S. The summed E-state index contributed by atoms with van der Waals surface area (Å²) in [6.45, 7) is 8.35. The van der Waals surface area contributed by atoms with Crippen LogP contribution in [-0.2, 0) is 16.0 Å². The van der Waals surface area contributed by atoms with Crippen LogP contribution in [0.4, 0.5) is 0 Å². The molecule has 1 aromatic heterocycles. The van der Waals surface area contributed by atoms with Crippen LogP contribution in [0.3, 0.4) is 0 Å². The van der Waals surface area contributed by atoms with Crippen molar-refractivity contribution in [1.82, 2.24) is 9.55 Å². The average Bonchev–Trinajstić information content (AvgIpc) is 2.67. The summed E-state index contributed by atoms with van der Waals surface area (Å²) in [7, 11) is 0. The summed E-state index contributed by atoms with van der Waals surface area (Å²) in [6, 6.07) is 0. The third-order valence-electron chi connectivity index (χ3n) is 2.48. The number of aromatic nitrogens is 2. The molecule has 112 valence electrons. The highest BCUT2D eigenvalue weighted by molar-refractivity contribution is 7.71. The third-order valence-corrected chi connectivity index (χ3v) is 2.80. The maximum Gasteiger partial charge on any atom is 0.357 e. The van der Waals surface area contributed by atoms with Crippen molar-refractivity contribution in [1.29, 1.82) is 0 Å². The van der Waals surface area contributed by atoms with E-state index in [1.165, 1.54) is 0 Å². The van der Waals surface area contributed by atoms with E-state index in [4.69, 9.17) is 21.7 Å². The molecule has 1 rings (SSSR count). The van der Waals surface area contributed by atoms with Gasteiger partial charge < -0.3 is 19.0 Å². The molecule has 1 heterocycles. The van der Waals surface area contributed by atoms with Crippen LogP contribution in [0.15, 0.2) is 0 Å². The largest absolute Gasteiger partial charge is 0.461 e. The summed E-state index contributed by atoms with van der Waals surface area (Å²) in [4.78, 5) is 26.7. The van der Waals surface area contributed by atoms with Gasteiger partial charge in [0.1, 0.15) is 0 Å². The molecule has 0 aromatic carbocycles. The quantitative estimate of drug-likeness (QED) is 0.645. The molecule has 0 spiro atoms. The molecule has 0 saturated carbocycles. The van der Waals surface area contributed by atoms with E-state index in [0.29, 0.717) is 11.3 Å². The molecule has 6 nitrogen and oxygen atoms in total. The Kier molecular flexibility index (Phi) is 5.94. The van der Waals surface area contributed by atoms with E-state index in [1.807, 2.05) is 13.8 Å². The van der Waals surface area contributed by atoms with Crippen molar-refractivity contribution >= 4 is 24.2 Å². The molecular weight excluding hydrogens is 280 g/mol. The first-order chi connectivity index (χ1) is 9.42. The second kappa shape index (κ2) is 7.23. The Morgan fingerprint density at radius 1 is 1.20 bits per heavy atom. The number of esters is 2. The van der Waals surface area contributed by atoms with E-state index in [9.17, 15) is 9.59 Å². The molecule has 0 atom stereocenters. The summed E-state index contributed by atoms with van der Waals surface area (Å²) in [5.74, 6) is -0.923. The van der Waals surface area contributed by atoms with Gasteiger partial charge in [-0.25, -0.2) is 9.59 Å². The number of hydrogen-bond donors (Lipinski definition) is 1. The summed E-state index contributed by atoms with van der Waals surface area (Å²) >= 11 is 5.18. The monoisotopic (exact) mass is 300 g/mol. The van der Waals surface area contributed by atoms with Crippen LogP contribution in [0.25, 0.3) is 0 Å². The second-order valence-corrected chi connectivity index (χ2v) is 4.99. The first kappa shape index (κ1) is 16.4. The van der Waals surface area contributed by atoms with Crippen molar-refractivity contribution in [2.75, 3.05) is 13.2 Å². The van der Waals surface area contributed by atoms with Gasteiger partial charge in [0.05, 0.1) is 13.2 Å². The van der Waals surface area contributed by atoms with Gasteiger partial charge >= 0.3 is 11.9 Å². The molecule has 1 aromatic rings. The van der Waals surface area contributed by atoms with E-state index in [1.54, 1.807) is 18.4 Å². The van der Waals surface area contributed by atoms with E-state index >= 15 is 0 Å². The van der Waals surface area contributed by atoms with E-state index in [0.717, 1.165) is 0 Å². The van der Waals surface area contributed by atoms with Gasteiger partial charge in [-0.05, 0) is 32.0 Å². The average molecular weight is 300 g/mol. The van der Waals surface area contributed by atoms with Crippen LogP contribution in [0.5, 0.6) is 0 Å². The molecule has 7 heteroatoms. The molecule has 0 unspecified atom stereocenters. The maximum atomic E-state index is 12.1. The fourth-order valence-electron chi connectivity index (χ4n) is 1.77. The fraction of sp³-hybridized carbons (Fsp3) is 0.615. The number of carbonyl (C=O) groups is 2. The number of rotatable bonds is 6. The Labute approximate surface area is 123 Å². The number of hydrogen-bond acceptors (Lipinski definition) is 5. The summed E-state index contributed by atoms with van der Waals surface area (Å²) < 4.78 is 11.8. The molecule has 0 saturated heterocycles. The molecule has 0 bridgehead atoms. The number of carbonyl (C=O) groups excluding carboxylic acids is 2. The van der Waals surface area contributed by atoms with Crippen LogP contribution in [0, 0.1) is 10.7 Å². The van der Waals surface area contributed by atoms with Crippen molar-refractivity contribution in [3.05, 3.63) is 16.2 Å². The Hall–Kier alpha value is -1.63. The number of aromatic amines is 1. The third kappa shape index (κ3) is 3.69. The van der Waals surface area contributed by atoms with Gasteiger partial charge in [-0.3, -0.25) is 0 Å². The van der Waals surface area contributed by atoms with Crippen molar-refractivity contribution in [2.45, 2.75) is 34.2 Å². The summed E-state index contributed by atoms with van der Waals surface area (Å²) in [5.41, 5.74) is 0.181. The molecule has 0 radical (unpaired) electrons. The van der Waals surface area contributed by atoms with Crippen LogP contribution in [0.1, 0.15) is 48.7 Å².